The zero-order valence-electron chi connectivity index (χ0n) is 17.2. The Kier molecular flexibility index (Phi) is 5.81. The molecule has 1 amide bonds. The number of aromatic nitrogens is 2. The molecule has 0 N–H and O–H groups in total. The molecule has 1 unspecified atom stereocenters. The van der Waals surface area contributed by atoms with E-state index < -0.39 is 6.10 Å². The first-order valence-corrected chi connectivity index (χ1v) is 10.6. The number of nitrogens with zero attached hydrogens (tertiary/aromatic N) is 3. The van der Waals surface area contributed by atoms with Crippen molar-refractivity contribution in [3.05, 3.63) is 63.8 Å². The molecule has 154 valence electrons. The first kappa shape index (κ1) is 19.8. The molecule has 0 radical (unpaired) electrons. The van der Waals surface area contributed by atoms with Crippen LogP contribution in [-0.4, -0.2) is 40.1 Å². The van der Waals surface area contributed by atoms with E-state index in [0.29, 0.717) is 32.2 Å². The van der Waals surface area contributed by atoms with Crippen LogP contribution in [-0.2, 0) is 22.5 Å². The lowest BCUT2D eigenvalue weighted by Crippen LogP contribution is -2.43. The minimum Gasteiger partial charge on any atom is -0.363 e. The highest BCUT2D eigenvalue weighted by atomic mass is 16.5. The van der Waals surface area contributed by atoms with E-state index in [9.17, 15) is 9.59 Å². The lowest BCUT2D eigenvalue weighted by Gasteiger charge is -2.35. The maximum Gasteiger partial charge on any atom is 0.256 e. The molecule has 1 aromatic heterocycles. The molecule has 1 aromatic carbocycles. The molecule has 1 saturated heterocycles. The molecule has 1 atom stereocenters. The van der Waals surface area contributed by atoms with Crippen molar-refractivity contribution in [2.24, 2.45) is 5.92 Å². The smallest absolute Gasteiger partial charge is 0.256 e. The van der Waals surface area contributed by atoms with E-state index in [-0.39, 0.29) is 17.4 Å². The van der Waals surface area contributed by atoms with Crippen molar-refractivity contribution in [1.29, 1.82) is 0 Å². The van der Waals surface area contributed by atoms with Crippen molar-refractivity contribution >= 4 is 5.91 Å². The quantitative estimate of drug-likeness (QED) is 0.799. The lowest BCUT2D eigenvalue weighted by molar-refractivity contribution is -0.146. The van der Waals surface area contributed by atoms with E-state index in [0.717, 1.165) is 30.5 Å². The molecule has 0 saturated carbocycles. The maximum absolute atomic E-state index is 13.1. The molecule has 4 rings (SSSR count). The van der Waals surface area contributed by atoms with Gasteiger partial charge in [-0.2, -0.15) is 0 Å². The number of ether oxygens (including phenoxy) is 1. The second-order valence-corrected chi connectivity index (χ2v) is 8.43. The van der Waals surface area contributed by atoms with Gasteiger partial charge < -0.3 is 9.64 Å². The Morgan fingerprint density at radius 2 is 2.00 bits per heavy atom. The minimum absolute atomic E-state index is 0.00872. The average Bonchev–Trinajstić information content (AvgIpc) is 2.74. The monoisotopic (exact) mass is 395 g/mol. The summed E-state index contributed by atoms with van der Waals surface area (Å²) in [6.07, 6.45) is 3.83. The van der Waals surface area contributed by atoms with Crippen LogP contribution in [0.4, 0.5) is 0 Å². The van der Waals surface area contributed by atoms with E-state index in [1.807, 2.05) is 36.9 Å². The number of carbonyl (C=O) groups excluding carboxylic acids is 1. The molecule has 29 heavy (non-hydrogen) atoms. The van der Waals surface area contributed by atoms with Gasteiger partial charge in [-0.15, -0.1) is 0 Å². The number of hydrogen-bond donors (Lipinski definition) is 0. The molecule has 1 fully saturated rings. The number of benzene rings is 1. The Bertz CT molecular complexity index is 929. The van der Waals surface area contributed by atoms with E-state index in [1.165, 1.54) is 5.56 Å². The summed E-state index contributed by atoms with van der Waals surface area (Å²) >= 11 is 0. The number of amides is 1. The molecule has 2 aliphatic heterocycles. The number of hydrogen-bond acceptors (Lipinski definition) is 4. The lowest BCUT2D eigenvalue weighted by atomic mass is 9.94. The molecular weight excluding hydrogens is 366 g/mol. The number of carbonyl (C=O) groups is 1. The first-order chi connectivity index (χ1) is 14.0. The fourth-order valence-corrected chi connectivity index (χ4v) is 4.27. The normalized spacial score (nSPS) is 20.0. The highest BCUT2D eigenvalue weighted by Crippen LogP contribution is 2.30. The van der Waals surface area contributed by atoms with Gasteiger partial charge in [0.1, 0.15) is 0 Å². The van der Waals surface area contributed by atoms with Gasteiger partial charge in [-0.1, -0.05) is 38.1 Å². The zero-order valence-corrected chi connectivity index (χ0v) is 17.2. The second-order valence-electron chi connectivity index (χ2n) is 8.43. The van der Waals surface area contributed by atoms with Gasteiger partial charge in [-0.3, -0.25) is 14.2 Å². The van der Waals surface area contributed by atoms with Gasteiger partial charge in [0.2, 0.25) is 0 Å². The summed E-state index contributed by atoms with van der Waals surface area (Å²) < 4.78 is 7.55. The summed E-state index contributed by atoms with van der Waals surface area (Å²) in [5.74, 6) is 0.692. The van der Waals surface area contributed by atoms with Crippen molar-refractivity contribution in [3.8, 4) is 0 Å². The Morgan fingerprint density at radius 1 is 1.24 bits per heavy atom. The van der Waals surface area contributed by atoms with Gasteiger partial charge in [0.15, 0.2) is 6.10 Å². The molecular formula is C23H29N3O3. The zero-order chi connectivity index (χ0) is 20.4. The van der Waals surface area contributed by atoms with Gasteiger partial charge >= 0.3 is 0 Å². The highest BCUT2D eigenvalue weighted by Gasteiger charge is 2.33. The second kappa shape index (κ2) is 8.49. The van der Waals surface area contributed by atoms with E-state index in [4.69, 9.17) is 4.74 Å². The molecule has 3 heterocycles. The van der Waals surface area contributed by atoms with Crippen LogP contribution in [0.3, 0.4) is 0 Å². The summed E-state index contributed by atoms with van der Waals surface area (Å²) in [7, 11) is 0. The van der Waals surface area contributed by atoms with Gasteiger partial charge in [0.05, 0.1) is 18.6 Å². The Hall–Kier alpha value is -2.47. The molecule has 6 heteroatoms. The Labute approximate surface area is 171 Å². The van der Waals surface area contributed by atoms with Crippen LogP contribution in [0.2, 0.25) is 0 Å². The van der Waals surface area contributed by atoms with Gasteiger partial charge in [-0.25, -0.2) is 4.98 Å². The van der Waals surface area contributed by atoms with Crippen molar-refractivity contribution in [2.45, 2.75) is 51.7 Å². The molecule has 0 spiro atoms. The number of piperidine rings is 1. The first-order valence-electron chi connectivity index (χ1n) is 10.6. The highest BCUT2D eigenvalue weighted by molar-refractivity contribution is 5.83. The third kappa shape index (κ3) is 4.27. The largest absolute Gasteiger partial charge is 0.363 e. The molecule has 0 aliphatic carbocycles. The van der Waals surface area contributed by atoms with E-state index >= 15 is 0 Å². The third-order valence-electron chi connectivity index (χ3n) is 6.09. The topological polar surface area (TPSA) is 64.4 Å². The fourth-order valence-electron chi connectivity index (χ4n) is 4.27. The molecule has 6 nitrogen and oxygen atoms in total. The van der Waals surface area contributed by atoms with E-state index in [1.54, 1.807) is 17.0 Å². The standard InChI is InChI=1S/C23H29N3O3/c1-16(2)20-13-21(27)26(15-24-20)14-17-7-10-25(11-8-17)23(28)22-19-6-4-3-5-18(19)9-12-29-22/h3-6,13,15-17,22H,7-12,14H2,1-2H3. The van der Waals surface area contributed by atoms with Crippen LogP contribution >= 0.6 is 0 Å². The molecule has 2 aromatic rings. The van der Waals surface area contributed by atoms with E-state index in [2.05, 4.69) is 11.1 Å². The van der Waals surface area contributed by atoms with Crippen LogP contribution in [0, 0.1) is 5.92 Å². The van der Waals surface area contributed by atoms with Gasteiger partial charge in [0.25, 0.3) is 11.5 Å². The SMILES string of the molecule is CC(C)c1cc(=O)n(CC2CCN(C(=O)C3OCCc4ccccc43)CC2)cn1. The summed E-state index contributed by atoms with van der Waals surface area (Å²) in [5.41, 5.74) is 3.06. The number of likely N-dealkylation sites (tertiary alicyclic amines) is 1. The average molecular weight is 396 g/mol. The molecule has 0 bridgehead atoms. The van der Waals surface area contributed by atoms with Crippen molar-refractivity contribution < 1.29 is 9.53 Å². The third-order valence-corrected chi connectivity index (χ3v) is 6.09. The Morgan fingerprint density at radius 3 is 2.72 bits per heavy atom. The Balaban J connectivity index is 1.37. The maximum atomic E-state index is 13.1. The summed E-state index contributed by atoms with van der Waals surface area (Å²) in [4.78, 5) is 31.8. The van der Waals surface area contributed by atoms with Gasteiger partial charge in [0, 0.05) is 25.7 Å². The van der Waals surface area contributed by atoms with Crippen LogP contribution in [0.1, 0.15) is 55.5 Å². The summed E-state index contributed by atoms with van der Waals surface area (Å²) in [6.45, 7) is 6.73. The van der Waals surface area contributed by atoms with Crippen molar-refractivity contribution in [2.75, 3.05) is 19.7 Å². The predicted molar refractivity (Wildman–Crippen MR) is 111 cm³/mol. The fraction of sp³-hybridized carbons (Fsp3) is 0.522. The van der Waals surface area contributed by atoms with Crippen LogP contribution in [0.25, 0.3) is 0 Å². The van der Waals surface area contributed by atoms with Crippen LogP contribution < -0.4 is 5.56 Å². The minimum atomic E-state index is -0.480. The van der Waals surface area contributed by atoms with Crippen LogP contribution in [0.15, 0.2) is 41.5 Å². The van der Waals surface area contributed by atoms with Crippen molar-refractivity contribution in [3.63, 3.8) is 0 Å². The number of fused-ring (bicyclic) bond motifs is 1. The van der Waals surface area contributed by atoms with Gasteiger partial charge in [-0.05, 0) is 42.2 Å². The van der Waals surface area contributed by atoms with Crippen molar-refractivity contribution in [1.82, 2.24) is 14.5 Å². The summed E-state index contributed by atoms with van der Waals surface area (Å²) in [5, 5.41) is 0. The number of rotatable bonds is 4. The van der Waals surface area contributed by atoms with Crippen LogP contribution in [0.5, 0.6) is 0 Å². The summed E-state index contributed by atoms with van der Waals surface area (Å²) in [6, 6.07) is 9.71. The molecule has 2 aliphatic rings. The predicted octanol–water partition coefficient (Wildman–Crippen LogP) is 2.92.